The Hall–Kier alpha value is -1.31. The molecule has 2 nitrogen and oxygen atoms in total. The van der Waals surface area contributed by atoms with E-state index >= 15 is 0 Å². The van der Waals surface area contributed by atoms with E-state index in [4.69, 9.17) is 0 Å². The summed E-state index contributed by atoms with van der Waals surface area (Å²) < 4.78 is 0. The largest absolute Gasteiger partial charge is 0.326 e. The number of carbonyl (C=O) groups is 1. The summed E-state index contributed by atoms with van der Waals surface area (Å²) in [5.74, 6) is 0.0891. The van der Waals surface area contributed by atoms with E-state index < -0.39 is 0 Å². The van der Waals surface area contributed by atoms with Crippen molar-refractivity contribution in [3.63, 3.8) is 0 Å². The summed E-state index contributed by atoms with van der Waals surface area (Å²) in [7, 11) is 0. The monoisotopic (exact) mass is 191 g/mol. The molecule has 0 aromatic rings. The molecule has 0 saturated carbocycles. The molecular formula is C12H17NO. The Labute approximate surface area is 85.4 Å². The lowest BCUT2D eigenvalue weighted by Gasteiger charge is -2.17. The van der Waals surface area contributed by atoms with Gasteiger partial charge in [-0.25, -0.2) is 0 Å². The van der Waals surface area contributed by atoms with E-state index in [1.54, 1.807) is 0 Å². The number of nitrogens with one attached hydrogen (secondary N) is 1. The molecule has 0 aromatic heterocycles. The fourth-order valence-corrected chi connectivity index (χ4v) is 1.20. The van der Waals surface area contributed by atoms with Gasteiger partial charge in [-0.15, -0.1) is 0 Å². The van der Waals surface area contributed by atoms with E-state index in [2.05, 4.69) is 25.7 Å². The molecule has 0 bridgehead atoms. The summed E-state index contributed by atoms with van der Waals surface area (Å²) in [5.41, 5.74) is 3.18. The Balaban J connectivity index is 2.74. The maximum absolute atomic E-state index is 11.1. The van der Waals surface area contributed by atoms with E-state index in [9.17, 15) is 4.79 Å². The number of amides is 1. The molecule has 1 rings (SSSR count). The Kier molecular flexibility index (Phi) is 3.69. The molecule has 1 N–H and O–H groups in total. The highest BCUT2D eigenvalue weighted by Gasteiger charge is 2.14. The van der Waals surface area contributed by atoms with Crippen molar-refractivity contribution in [1.29, 1.82) is 0 Å². The SMILES string of the molecule is C=C1CCC(=O)N/C1=C/C=C(/C)CC. The topological polar surface area (TPSA) is 29.1 Å². The summed E-state index contributed by atoms with van der Waals surface area (Å²) in [6, 6.07) is 0. The van der Waals surface area contributed by atoms with Crippen LogP contribution in [0.5, 0.6) is 0 Å². The highest BCUT2D eigenvalue weighted by molar-refractivity contribution is 5.81. The summed E-state index contributed by atoms with van der Waals surface area (Å²) in [6.45, 7) is 8.11. The zero-order valence-electron chi connectivity index (χ0n) is 8.89. The van der Waals surface area contributed by atoms with Gasteiger partial charge in [-0.3, -0.25) is 4.79 Å². The molecule has 1 aliphatic heterocycles. The molecule has 2 heteroatoms. The lowest BCUT2D eigenvalue weighted by molar-refractivity contribution is -0.120. The summed E-state index contributed by atoms with van der Waals surface area (Å²) in [6.07, 6.45) is 6.35. The van der Waals surface area contributed by atoms with E-state index in [-0.39, 0.29) is 5.91 Å². The maximum atomic E-state index is 11.1. The van der Waals surface area contributed by atoms with Crippen LogP contribution in [0.25, 0.3) is 0 Å². The van der Waals surface area contributed by atoms with E-state index in [1.165, 1.54) is 5.57 Å². The van der Waals surface area contributed by atoms with E-state index in [1.807, 2.05) is 12.2 Å². The first-order valence-electron chi connectivity index (χ1n) is 4.99. The number of carbonyl (C=O) groups excluding carboxylic acids is 1. The quantitative estimate of drug-likeness (QED) is 0.714. The number of hydrogen-bond acceptors (Lipinski definition) is 1. The standard InChI is InChI=1S/C12H17NO/c1-4-9(2)5-7-11-10(3)6-8-12(14)13-11/h5,7H,3-4,6,8H2,1-2H3,(H,13,14)/b9-5-,11-7+. The van der Waals surface area contributed by atoms with Gasteiger partial charge in [0.25, 0.3) is 0 Å². The van der Waals surface area contributed by atoms with Crippen LogP contribution in [0.1, 0.15) is 33.1 Å². The van der Waals surface area contributed by atoms with Crippen molar-refractivity contribution in [2.75, 3.05) is 0 Å². The molecule has 0 aliphatic carbocycles. The Morgan fingerprint density at radius 3 is 2.93 bits per heavy atom. The molecule has 1 saturated heterocycles. The fraction of sp³-hybridized carbons (Fsp3) is 0.417. The van der Waals surface area contributed by atoms with Crippen LogP contribution in [0.4, 0.5) is 0 Å². The zero-order valence-corrected chi connectivity index (χ0v) is 8.89. The first-order chi connectivity index (χ1) is 6.63. The third kappa shape index (κ3) is 2.87. The van der Waals surface area contributed by atoms with Gasteiger partial charge in [0, 0.05) is 12.1 Å². The van der Waals surface area contributed by atoms with Crippen LogP contribution < -0.4 is 5.32 Å². The fourth-order valence-electron chi connectivity index (χ4n) is 1.20. The lowest BCUT2D eigenvalue weighted by Crippen LogP contribution is -2.27. The normalized spacial score (nSPS) is 21.3. The average molecular weight is 191 g/mol. The van der Waals surface area contributed by atoms with Gasteiger partial charge in [-0.05, 0) is 31.4 Å². The average Bonchev–Trinajstić information content (AvgIpc) is 2.19. The number of hydrogen-bond donors (Lipinski definition) is 1. The number of allylic oxidation sites excluding steroid dienone is 4. The van der Waals surface area contributed by atoms with Crippen LogP contribution in [-0.4, -0.2) is 5.91 Å². The van der Waals surface area contributed by atoms with Gasteiger partial charge in [-0.2, -0.15) is 0 Å². The van der Waals surface area contributed by atoms with Crippen molar-refractivity contribution in [3.8, 4) is 0 Å². The van der Waals surface area contributed by atoms with Crippen molar-refractivity contribution in [1.82, 2.24) is 5.32 Å². The van der Waals surface area contributed by atoms with Gasteiger partial charge < -0.3 is 5.32 Å². The van der Waals surface area contributed by atoms with Crippen molar-refractivity contribution >= 4 is 5.91 Å². The first-order valence-corrected chi connectivity index (χ1v) is 4.99. The van der Waals surface area contributed by atoms with Crippen LogP contribution >= 0.6 is 0 Å². The molecule has 0 spiro atoms. The predicted molar refractivity (Wildman–Crippen MR) is 58.6 cm³/mol. The highest BCUT2D eigenvalue weighted by atomic mass is 16.1. The minimum absolute atomic E-state index is 0.0891. The second kappa shape index (κ2) is 4.80. The summed E-state index contributed by atoms with van der Waals surface area (Å²) in [4.78, 5) is 11.1. The van der Waals surface area contributed by atoms with Crippen molar-refractivity contribution in [2.24, 2.45) is 0 Å². The van der Waals surface area contributed by atoms with Gasteiger partial charge in [0.05, 0.1) is 0 Å². The van der Waals surface area contributed by atoms with Gasteiger partial charge in [-0.1, -0.05) is 25.2 Å². The minimum atomic E-state index is 0.0891. The molecule has 1 amide bonds. The summed E-state index contributed by atoms with van der Waals surface area (Å²) in [5, 5.41) is 2.82. The predicted octanol–water partition coefficient (Wildman–Crippen LogP) is 2.69. The van der Waals surface area contributed by atoms with Crippen molar-refractivity contribution < 1.29 is 4.79 Å². The first kappa shape index (κ1) is 10.8. The third-order valence-electron chi connectivity index (χ3n) is 2.40. The maximum Gasteiger partial charge on any atom is 0.224 e. The van der Waals surface area contributed by atoms with Gasteiger partial charge in [0.2, 0.25) is 5.91 Å². The van der Waals surface area contributed by atoms with Crippen molar-refractivity contribution in [3.05, 3.63) is 35.6 Å². The van der Waals surface area contributed by atoms with Gasteiger partial charge in [0.1, 0.15) is 0 Å². The molecule has 0 atom stereocenters. The smallest absolute Gasteiger partial charge is 0.224 e. The molecule has 1 heterocycles. The molecule has 14 heavy (non-hydrogen) atoms. The van der Waals surface area contributed by atoms with Crippen LogP contribution in [-0.2, 0) is 4.79 Å². The Morgan fingerprint density at radius 2 is 2.29 bits per heavy atom. The molecule has 0 radical (unpaired) electrons. The Morgan fingerprint density at radius 1 is 1.57 bits per heavy atom. The number of rotatable bonds is 2. The van der Waals surface area contributed by atoms with Crippen LogP contribution in [0, 0.1) is 0 Å². The second-order valence-corrected chi connectivity index (χ2v) is 3.60. The van der Waals surface area contributed by atoms with Crippen molar-refractivity contribution in [2.45, 2.75) is 33.1 Å². The third-order valence-corrected chi connectivity index (χ3v) is 2.40. The van der Waals surface area contributed by atoms with Crippen LogP contribution in [0.2, 0.25) is 0 Å². The van der Waals surface area contributed by atoms with Gasteiger partial charge in [0.15, 0.2) is 0 Å². The zero-order chi connectivity index (χ0) is 10.6. The van der Waals surface area contributed by atoms with E-state index in [0.717, 1.165) is 24.1 Å². The molecule has 1 aliphatic rings. The lowest BCUT2D eigenvalue weighted by atomic mass is 10.0. The number of piperidine rings is 1. The van der Waals surface area contributed by atoms with Gasteiger partial charge >= 0.3 is 0 Å². The highest BCUT2D eigenvalue weighted by Crippen LogP contribution is 2.17. The molecule has 0 aromatic carbocycles. The second-order valence-electron chi connectivity index (χ2n) is 3.60. The molecule has 1 fully saturated rings. The molecule has 0 unspecified atom stereocenters. The van der Waals surface area contributed by atoms with Crippen LogP contribution in [0.3, 0.4) is 0 Å². The van der Waals surface area contributed by atoms with Crippen LogP contribution in [0.15, 0.2) is 35.6 Å². The molecular weight excluding hydrogens is 174 g/mol. The minimum Gasteiger partial charge on any atom is -0.326 e. The van der Waals surface area contributed by atoms with E-state index in [0.29, 0.717) is 6.42 Å². The summed E-state index contributed by atoms with van der Waals surface area (Å²) >= 11 is 0. The molecule has 76 valence electrons. The Bertz CT molecular complexity index is 310.